The van der Waals surface area contributed by atoms with Crippen molar-refractivity contribution in [1.82, 2.24) is 0 Å². The Hall–Kier alpha value is -0.240. The molecule has 0 rings (SSSR count). The number of aliphatic hydroxyl groups is 10. The first kappa shape index (κ1) is 35.2. The number of rotatable bonds is 10. The number of carboxylic acid groups (broad SMARTS) is 2. The van der Waals surface area contributed by atoms with Gasteiger partial charge in [0.15, 0.2) is 12.2 Å². The summed E-state index contributed by atoms with van der Waals surface area (Å²) in [5.74, 6) is -3.45. The first-order valence-electron chi connectivity index (χ1n) is 6.95. The van der Waals surface area contributed by atoms with E-state index in [1.165, 1.54) is 0 Å². The van der Waals surface area contributed by atoms with Gasteiger partial charge in [0.25, 0.3) is 0 Å². The molecule has 14 N–H and O–H groups in total. The molecule has 166 valence electrons. The van der Waals surface area contributed by atoms with Crippen molar-refractivity contribution in [1.29, 1.82) is 0 Å². The minimum absolute atomic E-state index is 0. The molecule has 0 bridgehead atoms. The second kappa shape index (κ2) is 17.6. The Kier molecular flexibility index (Phi) is 22.1. The van der Waals surface area contributed by atoms with Crippen LogP contribution < -0.4 is 0 Å². The summed E-state index contributed by atoms with van der Waals surface area (Å²) in [6.07, 6.45) is -15.7. The molecule has 15 nitrogen and oxygen atoms in total. The molecule has 0 fully saturated rings. The molecule has 0 aliphatic carbocycles. The molecule has 0 spiro atoms. The molecule has 0 heterocycles. The van der Waals surface area contributed by atoms with Crippen molar-refractivity contribution in [3.8, 4) is 0 Å². The summed E-state index contributed by atoms with van der Waals surface area (Å²) in [7, 11) is 0. The van der Waals surface area contributed by atoms with E-state index in [2.05, 4.69) is 0 Å². The third kappa shape index (κ3) is 12.3. The SMILES string of the molecule is O.O=C(O)[C@H](O)[C@@H](O)[C@H](O)[C@H](O)CO.O=C(O)[C@H](O)[C@@H](O)[C@H](O)[C@H](O)CO.[Ca]. The molecule has 2 radical (unpaired) electrons. The predicted molar refractivity (Wildman–Crippen MR) is 86.9 cm³/mol. The smallest absolute Gasteiger partial charge is 0.335 e. The Morgan fingerprint density at radius 1 is 0.571 bits per heavy atom. The van der Waals surface area contributed by atoms with E-state index in [0.717, 1.165) is 0 Å². The average molecular weight is 450 g/mol. The summed E-state index contributed by atoms with van der Waals surface area (Å²) in [6.45, 7) is -1.69. The summed E-state index contributed by atoms with van der Waals surface area (Å²) in [4.78, 5) is 20.2. The molecule has 0 aliphatic heterocycles. The Morgan fingerprint density at radius 3 is 0.929 bits per heavy atom. The number of aliphatic hydroxyl groups excluding tert-OH is 10. The third-order valence-electron chi connectivity index (χ3n) is 3.02. The minimum Gasteiger partial charge on any atom is -0.479 e. The van der Waals surface area contributed by atoms with Crippen LogP contribution in [0.4, 0.5) is 0 Å². The van der Waals surface area contributed by atoms with Gasteiger partial charge < -0.3 is 66.8 Å². The van der Waals surface area contributed by atoms with Gasteiger partial charge in [0.1, 0.15) is 36.6 Å². The van der Waals surface area contributed by atoms with Gasteiger partial charge in [0, 0.05) is 37.7 Å². The quantitative estimate of drug-likeness (QED) is 0.138. The Morgan fingerprint density at radius 2 is 0.786 bits per heavy atom. The van der Waals surface area contributed by atoms with E-state index in [0.29, 0.717) is 0 Å². The molecule has 0 amide bonds. The maximum atomic E-state index is 10.1. The van der Waals surface area contributed by atoms with Gasteiger partial charge >= 0.3 is 11.9 Å². The van der Waals surface area contributed by atoms with Crippen molar-refractivity contribution in [3.63, 3.8) is 0 Å². The van der Waals surface area contributed by atoms with Crippen molar-refractivity contribution >= 4 is 49.7 Å². The molecule has 0 saturated carbocycles. The normalized spacial score (nSPS) is 18.9. The molecule has 0 saturated heterocycles. The summed E-state index contributed by atoms with van der Waals surface area (Å²) in [6, 6.07) is 0. The van der Waals surface area contributed by atoms with Gasteiger partial charge in [-0.25, -0.2) is 9.59 Å². The number of hydrogen-bond donors (Lipinski definition) is 12. The average Bonchev–Trinajstić information content (AvgIpc) is 2.62. The van der Waals surface area contributed by atoms with Crippen molar-refractivity contribution < 1.29 is 76.3 Å². The van der Waals surface area contributed by atoms with Gasteiger partial charge in [-0.05, 0) is 0 Å². The molecule has 28 heavy (non-hydrogen) atoms. The van der Waals surface area contributed by atoms with E-state index in [1.807, 2.05) is 0 Å². The second-order valence-corrected chi connectivity index (χ2v) is 5.03. The molecular weight excluding hydrogens is 424 g/mol. The van der Waals surface area contributed by atoms with Crippen molar-refractivity contribution in [2.24, 2.45) is 0 Å². The van der Waals surface area contributed by atoms with Crippen LogP contribution in [0.2, 0.25) is 0 Å². The number of aliphatic carboxylic acids is 2. The van der Waals surface area contributed by atoms with Crippen LogP contribution in [0.5, 0.6) is 0 Å². The van der Waals surface area contributed by atoms with Crippen molar-refractivity contribution in [2.75, 3.05) is 13.2 Å². The zero-order valence-electron chi connectivity index (χ0n) is 14.4. The Bertz CT molecular complexity index is 386. The van der Waals surface area contributed by atoms with Crippen molar-refractivity contribution in [2.45, 2.75) is 48.8 Å². The fraction of sp³-hybridized carbons (Fsp3) is 0.833. The molecule has 0 aromatic heterocycles. The first-order valence-corrected chi connectivity index (χ1v) is 6.95. The fourth-order valence-corrected chi connectivity index (χ4v) is 1.34. The monoisotopic (exact) mass is 450 g/mol. The van der Waals surface area contributed by atoms with Gasteiger partial charge in [0.2, 0.25) is 0 Å². The molecule has 8 atom stereocenters. The van der Waals surface area contributed by atoms with Gasteiger partial charge in [-0.15, -0.1) is 0 Å². The van der Waals surface area contributed by atoms with Gasteiger partial charge in [0.05, 0.1) is 13.2 Å². The third-order valence-corrected chi connectivity index (χ3v) is 3.02. The van der Waals surface area contributed by atoms with E-state index in [9.17, 15) is 9.59 Å². The van der Waals surface area contributed by atoms with Crippen LogP contribution in [-0.2, 0) is 9.59 Å². The fourth-order valence-electron chi connectivity index (χ4n) is 1.34. The van der Waals surface area contributed by atoms with Gasteiger partial charge in [-0.1, -0.05) is 0 Å². The number of carboxylic acids is 2. The summed E-state index contributed by atoms with van der Waals surface area (Å²) in [5, 5.41) is 104. The minimum atomic E-state index is -2.20. The summed E-state index contributed by atoms with van der Waals surface area (Å²) in [5.41, 5.74) is 0. The maximum absolute atomic E-state index is 10.1. The van der Waals surface area contributed by atoms with E-state index >= 15 is 0 Å². The Balaban J connectivity index is -0.000000192. The maximum Gasteiger partial charge on any atom is 0.335 e. The van der Waals surface area contributed by atoms with E-state index in [-0.39, 0.29) is 43.2 Å². The number of carbonyl (C=O) groups is 2. The largest absolute Gasteiger partial charge is 0.479 e. The zero-order valence-corrected chi connectivity index (χ0v) is 16.6. The van der Waals surface area contributed by atoms with E-state index < -0.39 is 74.0 Å². The van der Waals surface area contributed by atoms with Crippen LogP contribution in [0.25, 0.3) is 0 Å². The number of hydrogen-bond acceptors (Lipinski definition) is 12. The topological polar surface area (TPSA) is 308 Å². The molecule has 0 unspecified atom stereocenters. The standard InChI is InChI=1S/2C6H12O7.Ca.H2O/c2*7-1-2(8)3(9)4(10)5(11)6(12)13;;/h2*2-5,7-11H,1H2,(H,12,13);;1H2/t2*2-,3-,4+,5-;;/m11../s1. The summed E-state index contributed by atoms with van der Waals surface area (Å²) < 4.78 is 0. The van der Waals surface area contributed by atoms with Crippen LogP contribution in [0.15, 0.2) is 0 Å². The van der Waals surface area contributed by atoms with E-state index in [4.69, 9.17) is 61.3 Å². The van der Waals surface area contributed by atoms with E-state index in [1.54, 1.807) is 0 Å². The van der Waals surface area contributed by atoms with Crippen LogP contribution in [-0.4, -0.2) is 178 Å². The van der Waals surface area contributed by atoms with Crippen LogP contribution in [0, 0.1) is 0 Å². The Labute approximate surface area is 187 Å². The van der Waals surface area contributed by atoms with Crippen LogP contribution in [0.3, 0.4) is 0 Å². The van der Waals surface area contributed by atoms with Gasteiger partial charge in [-0.2, -0.15) is 0 Å². The van der Waals surface area contributed by atoms with Crippen LogP contribution in [0.1, 0.15) is 0 Å². The van der Waals surface area contributed by atoms with Gasteiger partial charge in [-0.3, -0.25) is 0 Å². The zero-order chi connectivity index (χ0) is 21.2. The summed E-state index contributed by atoms with van der Waals surface area (Å²) >= 11 is 0. The molecular formula is C12H26CaO15. The predicted octanol–water partition coefficient (Wildman–Crippen LogP) is -8.19. The van der Waals surface area contributed by atoms with Crippen molar-refractivity contribution in [3.05, 3.63) is 0 Å². The molecule has 0 aliphatic rings. The molecule has 16 heteroatoms. The first-order chi connectivity index (χ1) is 11.8. The molecule has 0 aromatic rings. The van der Waals surface area contributed by atoms with Crippen LogP contribution >= 0.6 is 0 Å². The molecule has 0 aromatic carbocycles. The second-order valence-electron chi connectivity index (χ2n) is 5.03.